The number of aromatic nitrogens is 2. The fourth-order valence-corrected chi connectivity index (χ4v) is 3.33. The third-order valence-corrected chi connectivity index (χ3v) is 4.66. The highest BCUT2D eigenvalue weighted by molar-refractivity contribution is 5.80. The Kier molecular flexibility index (Phi) is 5.30. The van der Waals surface area contributed by atoms with E-state index in [1.807, 2.05) is 21.9 Å². The van der Waals surface area contributed by atoms with Crippen molar-refractivity contribution in [1.82, 2.24) is 19.6 Å². The first-order valence-corrected chi connectivity index (χ1v) is 8.70. The first kappa shape index (κ1) is 16.7. The van der Waals surface area contributed by atoms with Gasteiger partial charge < -0.3 is 4.90 Å². The Labute approximate surface area is 143 Å². The van der Waals surface area contributed by atoms with E-state index in [0.717, 1.165) is 50.0 Å². The number of hydrogen-bond donors (Lipinski definition) is 0. The molecular formula is C19H26N4O. The molecule has 2 heterocycles. The van der Waals surface area contributed by atoms with Crippen LogP contribution in [0.3, 0.4) is 0 Å². The van der Waals surface area contributed by atoms with Crippen molar-refractivity contribution in [2.75, 3.05) is 32.7 Å². The van der Waals surface area contributed by atoms with E-state index in [1.165, 1.54) is 5.56 Å². The maximum Gasteiger partial charge on any atom is 0.224 e. The number of carbonyl (C=O) groups excluding carboxylic acids is 1. The van der Waals surface area contributed by atoms with E-state index >= 15 is 0 Å². The number of carbonyl (C=O) groups is 1. The molecule has 2 aromatic rings. The van der Waals surface area contributed by atoms with Crippen LogP contribution in [0.15, 0.2) is 37.1 Å². The fourth-order valence-electron chi connectivity index (χ4n) is 3.33. The normalized spacial score (nSPS) is 16.3. The fraction of sp³-hybridized carbons (Fsp3) is 0.474. The lowest BCUT2D eigenvalue weighted by Gasteiger charge is -2.21. The van der Waals surface area contributed by atoms with Gasteiger partial charge in [0.25, 0.3) is 0 Å². The predicted octanol–water partition coefficient (Wildman–Crippen LogP) is 2.46. The average Bonchev–Trinajstić information content (AvgIpc) is 2.81. The lowest BCUT2D eigenvalue weighted by atomic mass is 10.2. The second-order valence-corrected chi connectivity index (χ2v) is 6.50. The molecular weight excluding hydrogens is 300 g/mol. The molecule has 0 radical (unpaired) electrons. The smallest absolute Gasteiger partial charge is 0.224 e. The van der Waals surface area contributed by atoms with Crippen LogP contribution in [-0.4, -0.2) is 58.2 Å². The van der Waals surface area contributed by atoms with E-state index in [9.17, 15) is 4.79 Å². The van der Waals surface area contributed by atoms with Crippen LogP contribution < -0.4 is 0 Å². The molecule has 1 aliphatic rings. The zero-order chi connectivity index (χ0) is 16.9. The summed E-state index contributed by atoms with van der Waals surface area (Å²) in [5.74, 6) is 0.228. The number of benzene rings is 1. The molecule has 0 saturated carbocycles. The monoisotopic (exact) mass is 326 g/mol. The Morgan fingerprint density at radius 1 is 1.29 bits per heavy atom. The zero-order valence-corrected chi connectivity index (χ0v) is 14.4. The molecule has 1 amide bonds. The molecule has 1 fully saturated rings. The SMILES string of the molecule is C=CCN1CCCN(C(=O)CCn2ncc3cc(C)ccc32)CC1. The van der Waals surface area contributed by atoms with Gasteiger partial charge in [0.15, 0.2) is 0 Å². The van der Waals surface area contributed by atoms with Crippen LogP contribution in [0.5, 0.6) is 0 Å². The maximum absolute atomic E-state index is 12.5. The summed E-state index contributed by atoms with van der Waals surface area (Å²) in [5.41, 5.74) is 2.33. The van der Waals surface area contributed by atoms with Gasteiger partial charge in [0.1, 0.15) is 0 Å². The first-order valence-electron chi connectivity index (χ1n) is 8.70. The molecule has 1 aliphatic heterocycles. The average molecular weight is 326 g/mol. The van der Waals surface area contributed by atoms with Crippen molar-refractivity contribution in [3.8, 4) is 0 Å². The Balaban J connectivity index is 1.57. The molecule has 0 unspecified atom stereocenters. The number of rotatable bonds is 5. The minimum absolute atomic E-state index is 0.228. The van der Waals surface area contributed by atoms with Gasteiger partial charge in [0, 0.05) is 44.5 Å². The van der Waals surface area contributed by atoms with Gasteiger partial charge >= 0.3 is 0 Å². The largest absolute Gasteiger partial charge is 0.341 e. The molecule has 0 atom stereocenters. The van der Waals surface area contributed by atoms with E-state index < -0.39 is 0 Å². The summed E-state index contributed by atoms with van der Waals surface area (Å²) in [4.78, 5) is 16.9. The van der Waals surface area contributed by atoms with Crippen LogP contribution in [0.1, 0.15) is 18.4 Å². The minimum Gasteiger partial charge on any atom is -0.341 e. The summed E-state index contributed by atoms with van der Waals surface area (Å²) in [7, 11) is 0. The molecule has 0 aliphatic carbocycles. The van der Waals surface area contributed by atoms with Crippen LogP contribution in [0.2, 0.25) is 0 Å². The van der Waals surface area contributed by atoms with Crippen molar-refractivity contribution in [2.24, 2.45) is 0 Å². The van der Waals surface area contributed by atoms with Gasteiger partial charge in [-0.3, -0.25) is 14.4 Å². The highest BCUT2D eigenvalue weighted by Crippen LogP contribution is 2.16. The Bertz CT molecular complexity index is 721. The van der Waals surface area contributed by atoms with E-state index in [0.29, 0.717) is 13.0 Å². The van der Waals surface area contributed by atoms with Crippen LogP contribution >= 0.6 is 0 Å². The molecule has 0 spiro atoms. The van der Waals surface area contributed by atoms with Gasteiger partial charge in [-0.1, -0.05) is 17.7 Å². The number of amides is 1. The van der Waals surface area contributed by atoms with Gasteiger partial charge in [-0.05, 0) is 25.5 Å². The van der Waals surface area contributed by atoms with E-state index in [2.05, 4.69) is 41.7 Å². The van der Waals surface area contributed by atoms with Crippen LogP contribution in [0.4, 0.5) is 0 Å². The number of fused-ring (bicyclic) bond motifs is 1. The lowest BCUT2D eigenvalue weighted by molar-refractivity contribution is -0.131. The van der Waals surface area contributed by atoms with Crippen molar-refractivity contribution in [2.45, 2.75) is 26.3 Å². The van der Waals surface area contributed by atoms with Crippen molar-refractivity contribution < 1.29 is 4.79 Å². The van der Waals surface area contributed by atoms with Gasteiger partial charge in [0.05, 0.1) is 18.3 Å². The van der Waals surface area contributed by atoms with Crippen LogP contribution in [0.25, 0.3) is 10.9 Å². The second kappa shape index (κ2) is 7.62. The molecule has 0 bridgehead atoms. The first-order chi connectivity index (χ1) is 11.7. The molecule has 1 saturated heterocycles. The highest BCUT2D eigenvalue weighted by Gasteiger charge is 2.18. The van der Waals surface area contributed by atoms with Crippen LogP contribution in [-0.2, 0) is 11.3 Å². The van der Waals surface area contributed by atoms with Crippen molar-refractivity contribution in [1.29, 1.82) is 0 Å². The Hall–Kier alpha value is -2.14. The van der Waals surface area contributed by atoms with Crippen LogP contribution in [0, 0.1) is 6.92 Å². The topological polar surface area (TPSA) is 41.4 Å². The minimum atomic E-state index is 0.228. The predicted molar refractivity (Wildman–Crippen MR) is 96.9 cm³/mol. The van der Waals surface area contributed by atoms with E-state index in [1.54, 1.807) is 0 Å². The third-order valence-electron chi connectivity index (χ3n) is 4.66. The van der Waals surface area contributed by atoms with E-state index in [4.69, 9.17) is 0 Å². The van der Waals surface area contributed by atoms with E-state index in [-0.39, 0.29) is 5.91 Å². The standard InChI is InChI=1S/C19H26N4O/c1-3-8-21-9-4-10-22(13-12-21)19(24)7-11-23-18-6-5-16(2)14-17(18)15-20-23/h3,5-6,14-15H,1,4,7-13H2,2H3. The van der Waals surface area contributed by atoms with Crippen molar-refractivity contribution >= 4 is 16.8 Å². The molecule has 5 heteroatoms. The molecule has 1 aromatic heterocycles. The van der Waals surface area contributed by atoms with Gasteiger partial charge in [-0.25, -0.2) is 0 Å². The number of nitrogens with zero attached hydrogens (tertiary/aromatic N) is 4. The van der Waals surface area contributed by atoms with Crippen molar-refractivity contribution in [3.63, 3.8) is 0 Å². The molecule has 3 rings (SSSR count). The summed E-state index contributed by atoms with van der Waals surface area (Å²) >= 11 is 0. The van der Waals surface area contributed by atoms with Gasteiger partial charge in [0.2, 0.25) is 5.91 Å². The summed E-state index contributed by atoms with van der Waals surface area (Å²) in [6, 6.07) is 6.30. The summed E-state index contributed by atoms with van der Waals surface area (Å²) in [5, 5.41) is 5.57. The van der Waals surface area contributed by atoms with Gasteiger partial charge in [-0.2, -0.15) is 5.10 Å². The highest BCUT2D eigenvalue weighted by atomic mass is 16.2. The zero-order valence-electron chi connectivity index (χ0n) is 14.4. The quantitative estimate of drug-likeness (QED) is 0.793. The molecule has 0 N–H and O–H groups in total. The number of aryl methyl sites for hydroxylation is 2. The maximum atomic E-state index is 12.5. The summed E-state index contributed by atoms with van der Waals surface area (Å²) < 4.78 is 1.94. The van der Waals surface area contributed by atoms with Crippen molar-refractivity contribution in [3.05, 3.63) is 42.6 Å². The summed E-state index contributed by atoms with van der Waals surface area (Å²) in [6.45, 7) is 11.1. The van der Waals surface area contributed by atoms with Gasteiger partial charge in [-0.15, -0.1) is 6.58 Å². The Morgan fingerprint density at radius 3 is 3.00 bits per heavy atom. The Morgan fingerprint density at radius 2 is 2.17 bits per heavy atom. The molecule has 1 aromatic carbocycles. The second-order valence-electron chi connectivity index (χ2n) is 6.50. The molecule has 24 heavy (non-hydrogen) atoms. The lowest BCUT2D eigenvalue weighted by Crippen LogP contribution is -2.35. The third kappa shape index (κ3) is 3.85. The summed E-state index contributed by atoms with van der Waals surface area (Å²) in [6.07, 6.45) is 5.35. The molecule has 5 nitrogen and oxygen atoms in total. The molecule has 128 valence electrons. The number of hydrogen-bond acceptors (Lipinski definition) is 3.